The first kappa shape index (κ1) is 9.60. The molecule has 2 aromatic rings. The summed E-state index contributed by atoms with van der Waals surface area (Å²) in [5, 5.41) is 8.83. The Labute approximate surface area is 89.2 Å². The van der Waals surface area contributed by atoms with Crippen molar-refractivity contribution < 1.29 is 9.90 Å². The predicted molar refractivity (Wildman–Crippen MR) is 51.1 cm³/mol. The minimum absolute atomic E-state index is 0.0751. The molecule has 0 saturated heterocycles. The molecule has 0 aliphatic carbocycles. The Morgan fingerprint density at radius 1 is 1.47 bits per heavy atom. The van der Waals surface area contributed by atoms with Gasteiger partial charge in [-0.3, -0.25) is 4.57 Å². The molecule has 7 heteroatoms. The first-order valence-electron chi connectivity index (χ1n) is 3.93. The zero-order chi connectivity index (χ0) is 10.8. The maximum absolute atomic E-state index is 10.7. The number of imidazole rings is 1. The van der Waals surface area contributed by atoms with Crippen LogP contribution in [0.4, 0.5) is 0 Å². The van der Waals surface area contributed by atoms with Crippen LogP contribution in [0, 0.1) is 0 Å². The van der Waals surface area contributed by atoms with Crippen molar-refractivity contribution in [3.8, 4) is 5.95 Å². The summed E-state index contributed by atoms with van der Waals surface area (Å²) in [6.07, 6.45) is 4.58. The minimum atomic E-state index is -1.15. The van der Waals surface area contributed by atoms with Crippen molar-refractivity contribution in [3.63, 3.8) is 0 Å². The molecule has 2 heterocycles. The second-order valence-corrected chi connectivity index (χ2v) is 3.04. The lowest BCUT2D eigenvalue weighted by Crippen LogP contribution is -2.06. The molecule has 2 aromatic heterocycles. The number of aromatic nitrogens is 4. The second kappa shape index (κ2) is 3.66. The van der Waals surface area contributed by atoms with Gasteiger partial charge in [0.15, 0.2) is 5.69 Å². The predicted octanol–water partition coefficient (Wildman–Crippen LogP) is 1.01. The number of carboxylic acid groups (broad SMARTS) is 1. The molecule has 0 aliphatic rings. The lowest BCUT2D eigenvalue weighted by Gasteiger charge is -2.01. The Bertz CT molecular complexity index is 497. The van der Waals surface area contributed by atoms with Crippen LogP contribution < -0.4 is 0 Å². The van der Waals surface area contributed by atoms with E-state index in [1.165, 1.54) is 23.2 Å². The lowest BCUT2D eigenvalue weighted by atomic mass is 10.4. The Hall–Kier alpha value is -1.95. The first-order chi connectivity index (χ1) is 7.16. The van der Waals surface area contributed by atoms with Gasteiger partial charge < -0.3 is 5.11 Å². The van der Waals surface area contributed by atoms with Gasteiger partial charge >= 0.3 is 5.97 Å². The summed E-state index contributed by atoms with van der Waals surface area (Å²) in [6, 6.07) is 1.18. The second-order valence-electron chi connectivity index (χ2n) is 2.65. The Morgan fingerprint density at radius 2 is 2.27 bits per heavy atom. The zero-order valence-electron chi connectivity index (χ0n) is 7.33. The van der Waals surface area contributed by atoms with E-state index in [0.29, 0.717) is 0 Å². The molecule has 2 rings (SSSR count). The van der Waals surface area contributed by atoms with Gasteiger partial charge in [-0.2, -0.15) is 0 Å². The van der Waals surface area contributed by atoms with Gasteiger partial charge in [0, 0.05) is 18.5 Å². The Morgan fingerprint density at radius 3 is 2.87 bits per heavy atom. The highest BCUT2D eigenvalue weighted by molar-refractivity contribution is 6.29. The average molecular weight is 225 g/mol. The summed E-state index contributed by atoms with van der Waals surface area (Å²) < 4.78 is 1.47. The minimum Gasteiger partial charge on any atom is -0.477 e. The van der Waals surface area contributed by atoms with Crippen molar-refractivity contribution in [2.24, 2.45) is 0 Å². The molecule has 0 bridgehead atoms. The summed E-state index contributed by atoms with van der Waals surface area (Å²) in [6.45, 7) is 0. The van der Waals surface area contributed by atoms with Crippen LogP contribution in [-0.4, -0.2) is 30.6 Å². The fraction of sp³-hybridized carbons (Fsp3) is 0. The Kier molecular flexibility index (Phi) is 2.34. The monoisotopic (exact) mass is 224 g/mol. The van der Waals surface area contributed by atoms with Crippen LogP contribution in [0.25, 0.3) is 5.95 Å². The fourth-order valence-electron chi connectivity index (χ4n) is 1.01. The number of nitrogens with zero attached hydrogens (tertiary/aromatic N) is 4. The van der Waals surface area contributed by atoms with Crippen molar-refractivity contribution in [1.82, 2.24) is 19.5 Å². The van der Waals surface area contributed by atoms with E-state index in [4.69, 9.17) is 16.7 Å². The number of rotatable bonds is 2. The zero-order valence-corrected chi connectivity index (χ0v) is 8.09. The van der Waals surface area contributed by atoms with E-state index in [1.807, 2.05) is 0 Å². The van der Waals surface area contributed by atoms with Crippen molar-refractivity contribution >= 4 is 17.6 Å². The molecule has 1 N–H and O–H groups in total. The molecular weight excluding hydrogens is 220 g/mol. The molecule has 0 fully saturated rings. The molecule has 0 unspecified atom stereocenters. The van der Waals surface area contributed by atoms with E-state index in [2.05, 4.69) is 15.0 Å². The third-order valence-electron chi connectivity index (χ3n) is 1.64. The van der Waals surface area contributed by atoms with Crippen LogP contribution in [0.1, 0.15) is 10.5 Å². The number of hydrogen-bond donors (Lipinski definition) is 1. The molecule has 76 valence electrons. The van der Waals surface area contributed by atoms with E-state index in [1.54, 1.807) is 6.20 Å². The maximum atomic E-state index is 10.7. The van der Waals surface area contributed by atoms with Crippen LogP contribution in [0.3, 0.4) is 0 Å². The number of carboxylic acids is 1. The summed E-state index contributed by atoms with van der Waals surface area (Å²) in [7, 11) is 0. The standard InChI is InChI=1S/C8H5ClN4O2/c9-6-3-5(7(14)15)11-8(12-6)13-2-1-10-4-13/h1-4H,(H,14,15). The van der Waals surface area contributed by atoms with Crippen LogP contribution in [0.15, 0.2) is 24.8 Å². The number of aromatic carboxylic acids is 1. The fourth-order valence-corrected chi connectivity index (χ4v) is 1.19. The molecule has 0 aromatic carbocycles. The van der Waals surface area contributed by atoms with Crippen molar-refractivity contribution in [3.05, 3.63) is 35.6 Å². The highest BCUT2D eigenvalue weighted by atomic mass is 35.5. The van der Waals surface area contributed by atoms with Crippen molar-refractivity contribution in [2.45, 2.75) is 0 Å². The normalized spacial score (nSPS) is 10.2. The molecule has 0 aliphatic heterocycles. The summed E-state index contributed by atoms with van der Waals surface area (Å²) in [5.41, 5.74) is -0.154. The molecule has 0 amide bonds. The van der Waals surface area contributed by atoms with Crippen LogP contribution in [0.2, 0.25) is 5.15 Å². The van der Waals surface area contributed by atoms with Crippen molar-refractivity contribution in [2.75, 3.05) is 0 Å². The number of halogens is 1. The van der Waals surface area contributed by atoms with Crippen LogP contribution in [-0.2, 0) is 0 Å². The topological polar surface area (TPSA) is 80.9 Å². The summed E-state index contributed by atoms with van der Waals surface area (Å²) in [4.78, 5) is 22.2. The Balaban J connectivity index is 2.54. The SMILES string of the molecule is O=C(O)c1cc(Cl)nc(-n2ccnc2)n1. The summed E-state index contributed by atoms with van der Waals surface area (Å²) in [5.74, 6) is -0.974. The lowest BCUT2D eigenvalue weighted by molar-refractivity contribution is 0.0690. The third kappa shape index (κ3) is 1.94. The van der Waals surface area contributed by atoms with E-state index < -0.39 is 5.97 Å². The smallest absolute Gasteiger partial charge is 0.354 e. The van der Waals surface area contributed by atoms with Gasteiger partial charge in [-0.05, 0) is 0 Å². The third-order valence-corrected chi connectivity index (χ3v) is 1.83. The van der Waals surface area contributed by atoms with Crippen LogP contribution in [0.5, 0.6) is 0 Å². The highest BCUT2D eigenvalue weighted by Crippen LogP contribution is 2.10. The van der Waals surface area contributed by atoms with E-state index >= 15 is 0 Å². The van der Waals surface area contributed by atoms with Crippen molar-refractivity contribution in [1.29, 1.82) is 0 Å². The van der Waals surface area contributed by atoms with Crippen LogP contribution >= 0.6 is 11.6 Å². The van der Waals surface area contributed by atoms with Gasteiger partial charge in [0.1, 0.15) is 11.5 Å². The average Bonchev–Trinajstić information content (AvgIpc) is 2.69. The maximum Gasteiger partial charge on any atom is 0.354 e. The molecule has 0 atom stereocenters. The largest absolute Gasteiger partial charge is 0.477 e. The van der Waals surface area contributed by atoms with E-state index in [0.717, 1.165) is 0 Å². The van der Waals surface area contributed by atoms with Gasteiger partial charge in [0.05, 0.1) is 0 Å². The molecule has 0 saturated carbocycles. The van der Waals surface area contributed by atoms with Gasteiger partial charge in [0.2, 0.25) is 5.95 Å². The molecular formula is C8H5ClN4O2. The van der Waals surface area contributed by atoms with E-state index in [-0.39, 0.29) is 16.8 Å². The first-order valence-corrected chi connectivity index (χ1v) is 4.31. The molecule has 0 spiro atoms. The van der Waals surface area contributed by atoms with Gasteiger partial charge in [-0.15, -0.1) is 0 Å². The highest BCUT2D eigenvalue weighted by Gasteiger charge is 2.10. The van der Waals surface area contributed by atoms with E-state index in [9.17, 15) is 4.79 Å². The van der Waals surface area contributed by atoms with Gasteiger partial charge in [0.25, 0.3) is 0 Å². The summed E-state index contributed by atoms with van der Waals surface area (Å²) >= 11 is 5.66. The quantitative estimate of drug-likeness (QED) is 0.770. The number of carbonyl (C=O) groups is 1. The molecule has 6 nitrogen and oxygen atoms in total. The molecule has 0 radical (unpaired) electrons. The molecule has 15 heavy (non-hydrogen) atoms. The van der Waals surface area contributed by atoms with Gasteiger partial charge in [-0.25, -0.2) is 19.7 Å². The number of hydrogen-bond acceptors (Lipinski definition) is 4. The van der Waals surface area contributed by atoms with Gasteiger partial charge in [-0.1, -0.05) is 11.6 Å².